The molecule has 23 heavy (non-hydrogen) atoms. The topological polar surface area (TPSA) is 37.2 Å². The first-order valence-corrected chi connectivity index (χ1v) is 8.81. The van der Waals surface area contributed by atoms with E-state index in [1.807, 2.05) is 0 Å². The Morgan fingerprint density at radius 2 is 1.78 bits per heavy atom. The van der Waals surface area contributed by atoms with Crippen LogP contribution in [0.15, 0.2) is 6.33 Å². The SMILES string of the molecule is Cc1c(C)n(C2CCCC2)c2ncnc(N3CC(N(C)C)C3)c12. The van der Waals surface area contributed by atoms with E-state index in [4.69, 9.17) is 0 Å². The fourth-order valence-electron chi connectivity index (χ4n) is 4.21. The Balaban J connectivity index is 1.77. The zero-order chi connectivity index (χ0) is 16.1. The van der Waals surface area contributed by atoms with Gasteiger partial charge in [-0.05, 0) is 46.3 Å². The first-order chi connectivity index (χ1) is 11.1. The van der Waals surface area contributed by atoms with Crippen LogP contribution in [0.5, 0.6) is 0 Å². The van der Waals surface area contributed by atoms with Gasteiger partial charge in [0.15, 0.2) is 0 Å². The fourth-order valence-corrected chi connectivity index (χ4v) is 4.21. The van der Waals surface area contributed by atoms with Gasteiger partial charge in [0.05, 0.1) is 5.39 Å². The average molecular weight is 313 g/mol. The number of rotatable bonds is 3. The van der Waals surface area contributed by atoms with E-state index in [2.05, 4.69) is 52.3 Å². The lowest BCUT2D eigenvalue weighted by Gasteiger charge is -2.43. The number of hydrogen-bond donors (Lipinski definition) is 0. The number of aryl methyl sites for hydroxylation is 1. The van der Waals surface area contributed by atoms with Gasteiger partial charge in [0.25, 0.3) is 0 Å². The van der Waals surface area contributed by atoms with E-state index in [0.29, 0.717) is 12.1 Å². The normalized spacial score (nSPS) is 20.0. The van der Waals surface area contributed by atoms with Crippen LogP contribution in [0.4, 0.5) is 5.82 Å². The van der Waals surface area contributed by atoms with Crippen LogP contribution in [0, 0.1) is 13.8 Å². The van der Waals surface area contributed by atoms with E-state index in [1.54, 1.807) is 6.33 Å². The van der Waals surface area contributed by atoms with Gasteiger partial charge >= 0.3 is 0 Å². The highest BCUT2D eigenvalue weighted by Gasteiger charge is 2.32. The van der Waals surface area contributed by atoms with Crippen LogP contribution < -0.4 is 4.90 Å². The van der Waals surface area contributed by atoms with E-state index in [1.165, 1.54) is 42.3 Å². The van der Waals surface area contributed by atoms with Crippen LogP contribution in [0.3, 0.4) is 0 Å². The third kappa shape index (κ3) is 2.24. The van der Waals surface area contributed by atoms with Gasteiger partial charge in [0.1, 0.15) is 17.8 Å². The van der Waals surface area contributed by atoms with Crippen LogP contribution in [-0.4, -0.2) is 52.7 Å². The molecule has 1 saturated heterocycles. The zero-order valence-corrected chi connectivity index (χ0v) is 14.7. The summed E-state index contributed by atoms with van der Waals surface area (Å²) in [7, 11) is 4.31. The Bertz CT molecular complexity index is 721. The maximum absolute atomic E-state index is 4.68. The molecule has 2 aliphatic rings. The van der Waals surface area contributed by atoms with Crippen molar-refractivity contribution < 1.29 is 0 Å². The Morgan fingerprint density at radius 1 is 1.09 bits per heavy atom. The molecule has 2 aromatic heterocycles. The van der Waals surface area contributed by atoms with E-state index in [-0.39, 0.29) is 0 Å². The molecule has 2 aromatic rings. The second-order valence-corrected chi connectivity index (χ2v) is 7.44. The van der Waals surface area contributed by atoms with Crippen molar-refractivity contribution in [1.29, 1.82) is 0 Å². The molecule has 0 atom stereocenters. The first-order valence-electron chi connectivity index (χ1n) is 8.81. The van der Waals surface area contributed by atoms with Crippen molar-refractivity contribution in [2.75, 3.05) is 32.1 Å². The van der Waals surface area contributed by atoms with Gasteiger partial charge in [-0.2, -0.15) is 0 Å². The second-order valence-electron chi connectivity index (χ2n) is 7.44. The van der Waals surface area contributed by atoms with E-state index in [9.17, 15) is 0 Å². The summed E-state index contributed by atoms with van der Waals surface area (Å²) in [5.74, 6) is 1.13. The molecule has 0 unspecified atom stereocenters. The van der Waals surface area contributed by atoms with Crippen molar-refractivity contribution in [3.05, 3.63) is 17.6 Å². The molecule has 3 heterocycles. The maximum atomic E-state index is 4.68. The Labute approximate surface area is 138 Å². The number of aromatic nitrogens is 3. The van der Waals surface area contributed by atoms with Gasteiger partial charge < -0.3 is 14.4 Å². The van der Waals surface area contributed by atoms with Gasteiger partial charge in [-0.1, -0.05) is 12.8 Å². The van der Waals surface area contributed by atoms with Crippen molar-refractivity contribution in [3.63, 3.8) is 0 Å². The Hall–Kier alpha value is -1.62. The van der Waals surface area contributed by atoms with Crippen LogP contribution in [0.25, 0.3) is 11.0 Å². The number of nitrogens with zero attached hydrogens (tertiary/aromatic N) is 5. The molecule has 0 aromatic carbocycles. The Kier molecular flexibility index (Phi) is 3.56. The molecule has 0 amide bonds. The monoisotopic (exact) mass is 313 g/mol. The largest absolute Gasteiger partial charge is 0.353 e. The molecule has 1 saturated carbocycles. The third-order valence-corrected chi connectivity index (χ3v) is 5.90. The minimum absolute atomic E-state index is 0.625. The molecule has 1 aliphatic carbocycles. The summed E-state index contributed by atoms with van der Waals surface area (Å²) in [6, 6.07) is 1.26. The smallest absolute Gasteiger partial charge is 0.146 e. The van der Waals surface area contributed by atoms with E-state index < -0.39 is 0 Å². The number of anilines is 1. The molecule has 2 fully saturated rings. The molecular weight excluding hydrogens is 286 g/mol. The molecule has 1 aliphatic heterocycles. The van der Waals surface area contributed by atoms with Crippen LogP contribution >= 0.6 is 0 Å². The molecule has 5 heteroatoms. The minimum Gasteiger partial charge on any atom is -0.353 e. The van der Waals surface area contributed by atoms with Gasteiger partial charge in [-0.3, -0.25) is 0 Å². The van der Waals surface area contributed by atoms with Gasteiger partial charge in [-0.15, -0.1) is 0 Å². The van der Waals surface area contributed by atoms with Crippen molar-refractivity contribution in [3.8, 4) is 0 Å². The highest BCUT2D eigenvalue weighted by molar-refractivity contribution is 5.92. The lowest BCUT2D eigenvalue weighted by molar-refractivity contribution is 0.246. The molecule has 0 bridgehead atoms. The zero-order valence-electron chi connectivity index (χ0n) is 14.7. The predicted octanol–water partition coefficient (Wildman–Crippen LogP) is 2.91. The summed E-state index contributed by atoms with van der Waals surface area (Å²) in [4.78, 5) is 14.0. The maximum Gasteiger partial charge on any atom is 0.146 e. The molecule has 4 rings (SSSR count). The summed E-state index contributed by atoms with van der Waals surface area (Å²) in [6.45, 7) is 6.61. The number of likely N-dealkylation sites (N-methyl/N-ethyl adjacent to an activating group) is 1. The van der Waals surface area contributed by atoms with Crippen LogP contribution in [0.2, 0.25) is 0 Å². The average Bonchev–Trinajstić information content (AvgIpc) is 3.06. The minimum atomic E-state index is 0.625. The fraction of sp³-hybridized carbons (Fsp3) is 0.667. The lowest BCUT2D eigenvalue weighted by Crippen LogP contribution is -2.57. The summed E-state index contributed by atoms with van der Waals surface area (Å²) in [5.41, 5.74) is 3.87. The standard InChI is InChI=1S/C18H27N5/c1-12-13(2)23(14-7-5-6-8-14)18-16(12)17(19-11-20-18)22-9-15(10-22)21(3)4/h11,14-15H,5-10H2,1-4H3. The highest BCUT2D eigenvalue weighted by Crippen LogP contribution is 2.39. The molecular formula is C18H27N5. The lowest BCUT2D eigenvalue weighted by atomic mass is 10.1. The second kappa shape index (κ2) is 5.48. The molecule has 0 spiro atoms. The number of fused-ring (bicyclic) bond motifs is 1. The number of hydrogen-bond acceptors (Lipinski definition) is 4. The summed E-state index contributed by atoms with van der Waals surface area (Å²) in [6.07, 6.45) is 7.02. The molecule has 124 valence electrons. The Morgan fingerprint density at radius 3 is 2.43 bits per heavy atom. The van der Waals surface area contributed by atoms with Gasteiger partial charge in [-0.25, -0.2) is 9.97 Å². The van der Waals surface area contributed by atoms with Gasteiger partial charge in [0, 0.05) is 30.9 Å². The highest BCUT2D eigenvalue weighted by atomic mass is 15.3. The van der Waals surface area contributed by atoms with Gasteiger partial charge in [0.2, 0.25) is 0 Å². The van der Waals surface area contributed by atoms with Crippen molar-refractivity contribution in [2.24, 2.45) is 0 Å². The van der Waals surface area contributed by atoms with Crippen molar-refractivity contribution in [2.45, 2.75) is 51.6 Å². The van der Waals surface area contributed by atoms with Crippen molar-refractivity contribution in [1.82, 2.24) is 19.4 Å². The summed E-state index contributed by atoms with van der Waals surface area (Å²) >= 11 is 0. The molecule has 5 nitrogen and oxygen atoms in total. The summed E-state index contributed by atoms with van der Waals surface area (Å²) in [5, 5.41) is 1.27. The molecule has 0 N–H and O–H groups in total. The third-order valence-electron chi connectivity index (χ3n) is 5.90. The summed E-state index contributed by atoms with van der Waals surface area (Å²) < 4.78 is 2.49. The quantitative estimate of drug-likeness (QED) is 0.873. The molecule has 0 radical (unpaired) electrons. The van der Waals surface area contributed by atoms with E-state index >= 15 is 0 Å². The van der Waals surface area contributed by atoms with E-state index in [0.717, 1.165) is 24.6 Å². The predicted molar refractivity (Wildman–Crippen MR) is 94.2 cm³/mol. The van der Waals surface area contributed by atoms with Crippen LogP contribution in [0.1, 0.15) is 43.0 Å². The van der Waals surface area contributed by atoms with Crippen molar-refractivity contribution >= 4 is 16.9 Å². The van der Waals surface area contributed by atoms with Crippen LogP contribution in [-0.2, 0) is 0 Å². The first kappa shape index (κ1) is 14.9.